The smallest absolute Gasteiger partial charge is 0.456 e. The number of rotatable bonds is 6. The minimum atomic E-state index is -4.78. The van der Waals surface area contributed by atoms with E-state index in [1.54, 1.807) is 31.4 Å². The summed E-state index contributed by atoms with van der Waals surface area (Å²) in [6, 6.07) is 12.0. The van der Waals surface area contributed by atoms with E-state index in [1.165, 1.54) is 18.2 Å². The average molecular weight is 536 g/mol. The van der Waals surface area contributed by atoms with Crippen LogP contribution in [0, 0.1) is 3.70 Å². The van der Waals surface area contributed by atoms with Gasteiger partial charge in [-0.1, -0.05) is 17.7 Å². The number of nitrogens with zero attached hydrogens (tertiary/aromatic N) is 1. The van der Waals surface area contributed by atoms with E-state index in [-0.39, 0.29) is 16.5 Å². The molecule has 0 spiro atoms. The lowest BCUT2D eigenvalue weighted by Crippen LogP contribution is -2.17. The fraction of sp³-hybridized carbons (Fsp3) is 0.105. The Hall–Kier alpha value is -2.40. The van der Waals surface area contributed by atoms with Gasteiger partial charge in [0, 0.05) is 25.0 Å². The van der Waals surface area contributed by atoms with Gasteiger partial charge in [0.2, 0.25) is 0 Å². The van der Waals surface area contributed by atoms with Gasteiger partial charge >= 0.3 is 6.36 Å². The van der Waals surface area contributed by atoms with Crippen LogP contribution in [0.2, 0.25) is 5.02 Å². The number of anilines is 3. The Labute approximate surface area is 183 Å². The maximum atomic E-state index is 12.4. The molecule has 0 atom stereocenters. The first kappa shape index (κ1) is 21.3. The summed E-state index contributed by atoms with van der Waals surface area (Å²) in [5.41, 5.74) is 2.36. The Morgan fingerprint density at radius 2 is 1.83 bits per heavy atom. The molecule has 1 aromatic heterocycles. The van der Waals surface area contributed by atoms with Crippen molar-refractivity contribution in [1.82, 2.24) is 4.98 Å². The number of nitrogens with one attached hydrogen (secondary N) is 2. The van der Waals surface area contributed by atoms with Crippen molar-refractivity contribution in [3.05, 3.63) is 63.5 Å². The van der Waals surface area contributed by atoms with Gasteiger partial charge in [0.25, 0.3) is 0 Å². The van der Waals surface area contributed by atoms with Gasteiger partial charge in [-0.2, -0.15) is 0 Å². The predicted molar refractivity (Wildman–Crippen MR) is 114 cm³/mol. The minimum absolute atomic E-state index is 0.163. The van der Waals surface area contributed by atoms with E-state index in [9.17, 15) is 13.2 Å². The van der Waals surface area contributed by atoms with Gasteiger partial charge < -0.3 is 20.1 Å². The quantitative estimate of drug-likeness (QED) is 0.268. The highest BCUT2D eigenvalue weighted by atomic mass is 127. The average Bonchev–Trinajstić information content (AvgIpc) is 2.63. The maximum Gasteiger partial charge on any atom is 0.573 e. The number of hydrogen-bond donors (Lipinski definition) is 2. The van der Waals surface area contributed by atoms with Gasteiger partial charge in [-0.15, -0.1) is 13.2 Å². The minimum Gasteiger partial charge on any atom is -0.456 e. The molecule has 0 fully saturated rings. The van der Waals surface area contributed by atoms with E-state index in [0.717, 1.165) is 21.1 Å². The van der Waals surface area contributed by atoms with Crippen molar-refractivity contribution < 1.29 is 22.6 Å². The summed E-state index contributed by atoms with van der Waals surface area (Å²) in [5, 5.41) is 6.60. The van der Waals surface area contributed by atoms with Crippen molar-refractivity contribution in [2.24, 2.45) is 0 Å². The number of halogens is 5. The zero-order valence-corrected chi connectivity index (χ0v) is 17.8. The first-order chi connectivity index (χ1) is 13.7. The second-order valence-corrected chi connectivity index (χ2v) is 7.10. The first-order valence-corrected chi connectivity index (χ1v) is 9.63. The molecule has 1 heterocycles. The number of hydrogen-bond acceptors (Lipinski definition) is 5. The van der Waals surface area contributed by atoms with Crippen molar-refractivity contribution >= 4 is 51.3 Å². The summed E-state index contributed by atoms with van der Waals surface area (Å²) in [6.07, 6.45) is -3.10. The Morgan fingerprint density at radius 1 is 1.07 bits per heavy atom. The van der Waals surface area contributed by atoms with Crippen molar-refractivity contribution in [2.45, 2.75) is 6.36 Å². The van der Waals surface area contributed by atoms with Crippen LogP contribution in [0.5, 0.6) is 17.2 Å². The van der Waals surface area contributed by atoms with E-state index in [1.807, 2.05) is 6.07 Å². The monoisotopic (exact) mass is 535 g/mol. The molecule has 2 aromatic carbocycles. The van der Waals surface area contributed by atoms with Crippen LogP contribution in [0.15, 0.2) is 54.7 Å². The molecule has 0 amide bonds. The van der Waals surface area contributed by atoms with Crippen LogP contribution >= 0.6 is 34.2 Å². The standard InChI is InChI=1S/C19H14ClF3IN3O2/c1-25-17-15(7-8-26-18(17)24)27-11-5-6-16(14(20)9-11)28-12-3-2-4-13(10-12)29-19(21,22)23/h2-10,25H,1H3,(H,26,27). The molecular formula is C19H14ClF3IN3O2. The number of pyridine rings is 1. The van der Waals surface area contributed by atoms with Gasteiger partial charge in [0.05, 0.1) is 16.4 Å². The topological polar surface area (TPSA) is 55.4 Å². The lowest BCUT2D eigenvalue weighted by Gasteiger charge is -2.14. The normalized spacial score (nSPS) is 11.1. The van der Waals surface area contributed by atoms with Gasteiger partial charge in [-0.05, 0) is 59.0 Å². The van der Waals surface area contributed by atoms with E-state index in [4.69, 9.17) is 16.3 Å². The molecule has 0 aliphatic heterocycles. The molecule has 0 saturated carbocycles. The Morgan fingerprint density at radius 3 is 2.52 bits per heavy atom. The third kappa shape index (κ3) is 5.80. The SMILES string of the molecule is CNc1c(Nc2ccc(Oc3cccc(OC(F)(F)F)c3)c(Cl)c2)ccnc1I. The molecule has 10 heteroatoms. The molecule has 0 bridgehead atoms. The number of aromatic nitrogens is 1. The third-order valence-electron chi connectivity index (χ3n) is 3.63. The second-order valence-electron chi connectivity index (χ2n) is 5.67. The molecule has 0 radical (unpaired) electrons. The summed E-state index contributed by atoms with van der Waals surface area (Å²) in [5.74, 6) is 0.0753. The molecule has 0 unspecified atom stereocenters. The highest BCUT2D eigenvalue weighted by molar-refractivity contribution is 14.1. The van der Waals surface area contributed by atoms with Crippen LogP contribution in [-0.4, -0.2) is 18.4 Å². The van der Waals surface area contributed by atoms with E-state index < -0.39 is 6.36 Å². The van der Waals surface area contributed by atoms with Crippen LogP contribution in [0.25, 0.3) is 0 Å². The lowest BCUT2D eigenvalue weighted by molar-refractivity contribution is -0.274. The fourth-order valence-corrected chi connectivity index (χ4v) is 3.40. The molecule has 3 rings (SSSR count). The molecule has 3 aromatic rings. The Bertz CT molecular complexity index is 1020. The lowest BCUT2D eigenvalue weighted by atomic mass is 10.2. The number of alkyl halides is 3. The molecule has 5 nitrogen and oxygen atoms in total. The first-order valence-electron chi connectivity index (χ1n) is 8.17. The van der Waals surface area contributed by atoms with Crippen molar-refractivity contribution in [1.29, 1.82) is 0 Å². The highest BCUT2D eigenvalue weighted by Gasteiger charge is 2.31. The van der Waals surface area contributed by atoms with Crippen LogP contribution in [-0.2, 0) is 0 Å². The summed E-state index contributed by atoms with van der Waals surface area (Å²) >= 11 is 8.41. The molecular weight excluding hydrogens is 522 g/mol. The van der Waals surface area contributed by atoms with Crippen LogP contribution in [0.3, 0.4) is 0 Å². The molecule has 0 saturated heterocycles. The maximum absolute atomic E-state index is 12.4. The summed E-state index contributed by atoms with van der Waals surface area (Å²) in [6.45, 7) is 0. The largest absolute Gasteiger partial charge is 0.573 e. The number of benzene rings is 2. The summed E-state index contributed by atoms with van der Waals surface area (Å²) in [4.78, 5) is 4.22. The van der Waals surface area contributed by atoms with Crippen LogP contribution in [0.1, 0.15) is 0 Å². The van der Waals surface area contributed by atoms with Gasteiger partial charge in [0.15, 0.2) is 0 Å². The zero-order valence-electron chi connectivity index (χ0n) is 14.8. The van der Waals surface area contributed by atoms with Gasteiger partial charge in [-0.3, -0.25) is 0 Å². The Balaban J connectivity index is 1.77. The van der Waals surface area contributed by atoms with E-state index in [0.29, 0.717) is 11.4 Å². The molecule has 0 aliphatic carbocycles. The van der Waals surface area contributed by atoms with Crippen molar-refractivity contribution in [3.63, 3.8) is 0 Å². The van der Waals surface area contributed by atoms with Crippen LogP contribution < -0.4 is 20.1 Å². The molecule has 152 valence electrons. The number of ether oxygens (including phenoxy) is 2. The fourth-order valence-electron chi connectivity index (χ4n) is 2.46. The van der Waals surface area contributed by atoms with E-state index in [2.05, 4.69) is 42.9 Å². The molecule has 0 aliphatic rings. The molecule has 2 N–H and O–H groups in total. The summed E-state index contributed by atoms with van der Waals surface area (Å²) in [7, 11) is 1.80. The third-order valence-corrected chi connectivity index (χ3v) is 4.75. The Kier molecular flexibility index (Phi) is 6.58. The zero-order chi connectivity index (χ0) is 21.0. The predicted octanol–water partition coefficient (Wildman–Crippen LogP) is 6.82. The second kappa shape index (κ2) is 8.95. The molecule has 29 heavy (non-hydrogen) atoms. The van der Waals surface area contributed by atoms with Crippen molar-refractivity contribution in [3.8, 4) is 17.2 Å². The van der Waals surface area contributed by atoms with E-state index >= 15 is 0 Å². The van der Waals surface area contributed by atoms with Crippen molar-refractivity contribution in [2.75, 3.05) is 17.7 Å². The van der Waals surface area contributed by atoms with Gasteiger partial charge in [0.1, 0.15) is 20.9 Å². The van der Waals surface area contributed by atoms with Gasteiger partial charge in [-0.25, -0.2) is 4.98 Å². The highest BCUT2D eigenvalue weighted by Crippen LogP contribution is 2.35. The summed E-state index contributed by atoms with van der Waals surface area (Å²) < 4.78 is 47.4. The van der Waals surface area contributed by atoms with Crippen LogP contribution in [0.4, 0.5) is 30.2 Å².